The standard InChI is InChI=1S/C57H36N4O2/c1-4-14-37(15-5-1)39-24-29-44(30-25-39)61(45-31-26-40(27-32-45)38-16-6-2-7-17-38)49-34-43(36-53-54(49)48-21-11-13-23-51(48)63-53)57-59-55(41-18-8-3-9-19-41)58-56(60-57)42-28-33-47-46-20-10-12-22-50(46)62-52(47)35-42/h1-36H. The van der Waals surface area contributed by atoms with Gasteiger partial charge in [-0.05, 0) is 82.9 Å². The molecule has 12 rings (SSSR count). The Morgan fingerprint density at radius 2 is 0.698 bits per heavy atom. The Hall–Kier alpha value is -8.61. The second-order valence-corrected chi connectivity index (χ2v) is 15.6. The van der Waals surface area contributed by atoms with Crippen molar-refractivity contribution in [2.45, 2.75) is 0 Å². The first-order valence-electron chi connectivity index (χ1n) is 21.0. The summed E-state index contributed by atoms with van der Waals surface area (Å²) >= 11 is 0. The summed E-state index contributed by atoms with van der Waals surface area (Å²) in [5.41, 5.74) is 13.1. The average Bonchev–Trinajstić information content (AvgIpc) is 3.93. The molecule has 0 spiro atoms. The molecule has 9 aromatic carbocycles. The number of rotatable bonds is 8. The molecule has 0 atom stereocenters. The van der Waals surface area contributed by atoms with Gasteiger partial charge >= 0.3 is 0 Å². The van der Waals surface area contributed by atoms with Crippen LogP contribution >= 0.6 is 0 Å². The van der Waals surface area contributed by atoms with Crippen molar-refractivity contribution in [3.8, 4) is 56.4 Å². The molecule has 0 radical (unpaired) electrons. The van der Waals surface area contributed by atoms with Gasteiger partial charge in [0.25, 0.3) is 0 Å². The first-order chi connectivity index (χ1) is 31.2. The number of anilines is 3. The molecule has 0 saturated carbocycles. The van der Waals surface area contributed by atoms with Gasteiger partial charge in [0.15, 0.2) is 17.5 Å². The lowest BCUT2D eigenvalue weighted by Crippen LogP contribution is -2.11. The normalized spacial score (nSPS) is 11.5. The van der Waals surface area contributed by atoms with E-state index in [1.807, 2.05) is 78.9 Å². The summed E-state index contributed by atoms with van der Waals surface area (Å²) in [5, 5.41) is 4.12. The molecule has 12 aromatic rings. The van der Waals surface area contributed by atoms with E-state index in [4.69, 9.17) is 23.8 Å². The summed E-state index contributed by atoms with van der Waals surface area (Å²) in [7, 11) is 0. The van der Waals surface area contributed by atoms with E-state index in [1.54, 1.807) is 0 Å². The highest BCUT2D eigenvalue weighted by molar-refractivity contribution is 6.14. The summed E-state index contributed by atoms with van der Waals surface area (Å²) in [4.78, 5) is 17.8. The summed E-state index contributed by atoms with van der Waals surface area (Å²) in [6.45, 7) is 0. The van der Waals surface area contributed by atoms with Crippen LogP contribution in [0.1, 0.15) is 0 Å². The highest BCUT2D eigenvalue weighted by atomic mass is 16.3. The van der Waals surface area contributed by atoms with Crippen LogP contribution in [0.25, 0.3) is 100 Å². The predicted molar refractivity (Wildman–Crippen MR) is 256 cm³/mol. The molecule has 0 amide bonds. The Balaban J connectivity index is 1.08. The molecule has 296 valence electrons. The number of aromatic nitrogens is 3. The summed E-state index contributed by atoms with van der Waals surface area (Å²) in [6.07, 6.45) is 0. The van der Waals surface area contributed by atoms with Crippen LogP contribution in [0.15, 0.2) is 227 Å². The second kappa shape index (κ2) is 15.1. The Kier molecular flexibility index (Phi) is 8.71. The second-order valence-electron chi connectivity index (χ2n) is 15.6. The zero-order valence-electron chi connectivity index (χ0n) is 33.9. The van der Waals surface area contributed by atoms with Crippen molar-refractivity contribution in [2.24, 2.45) is 0 Å². The van der Waals surface area contributed by atoms with E-state index in [0.29, 0.717) is 17.5 Å². The molecule has 3 heterocycles. The lowest BCUT2D eigenvalue weighted by molar-refractivity contribution is 0.668. The zero-order chi connectivity index (χ0) is 41.7. The largest absolute Gasteiger partial charge is 0.456 e. The van der Waals surface area contributed by atoms with Gasteiger partial charge in [-0.2, -0.15) is 0 Å². The van der Waals surface area contributed by atoms with Gasteiger partial charge in [-0.1, -0.05) is 158 Å². The number of nitrogens with zero attached hydrogens (tertiary/aromatic N) is 4. The van der Waals surface area contributed by atoms with Gasteiger partial charge in [-0.15, -0.1) is 0 Å². The number of hydrogen-bond donors (Lipinski definition) is 0. The van der Waals surface area contributed by atoms with E-state index in [1.165, 1.54) is 0 Å². The molecular formula is C57H36N4O2. The lowest BCUT2D eigenvalue weighted by Gasteiger charge is -2.27. The van der Waals surface area contributed by atoms with Crippen molar-refractivity contribution in [1.29, 1.82) is 0 Å². The van der Waals surface area contributed by atoms with Gasteiger partial charge in [-0.3, -0.25) is 0 Å². The van der Waals surface area contributed by atoms with Gasteiger partial charge in [0.2, 0.25) is 0 Å². The topological polar surface area (TPSA) is 68.2 Å². The third kappa shape index (κ3) is 6.58. The van der Waals surface area contributed by atoms with Crippen LogP contribution < -0.4 is 4.90 Å². The molecule has 0 aliphatic heterocycles. The van der Waals surface area contributed by atoms with Crippen molar-refractivity contribution in [3.05, 3.63) is 218 Å². The molecule has 0 saturated heterocycles. The van der Waals surface area contributed by atoms with Crippen molar-refractivity contribution in [2.75, 3.05) is 4.90 Å². The van der Waals surface area contributed by atoms with E-state index >= 15 is 0 Å². The minimum absolute atomic E-state index is 0.519. The molecule has 63 heavy (non-hydrogen) atoms. The van der Waals surface area contributed by atoms with Crippen LogP contribution in [0.3, 0.4) is 0 Å². The van der Waals surface area contributed by atoms with Crippen LogP contribution in [0.5, 0.6) is 0 Å². The van der Waals surface area contributed by atoms with Crippen LogP contribution in [0, 0.1) is 0 Å². The number of benzene rings is 9. The monoisotopic (exact) mass is 808 g/mol. The van der Waals surface area contributed by atoms with E-state index in [9.17, 15) is 0 Å². The van der Waals surface area contributed by atoms with Crippen LogP contribution in [-0.4, -0.2) is 15.0 Å². The van der Waals surface area contributed by atoms with Gasteiger partial charge < -0.3 is 13.7 Å². The Morgan fingerprint density at radius 1 is 0.286 bits per heavy atom. The first-order valence-corrected chi connectivity index (χ1v) is 21.0. The van der Waals surface area contributed by atoms with E-state index in [0.717, 1.165) is 99.9 Å². The third-order valence-electron chi connectivity index (χ3n) is 11.7. The highest BCUT2D eigenvalue weighted by Gasteiger charge is 2.23. The molecule has 0 bridgehead atoms. The van der Waals surface area contributed by atoms with Crippen molar-refractivity contribution in [3.63, 3.8) is 0 Å². The summed E-state index contributed by atoms with van der Waals surface area (Å²) in [6, 6.07) is 75.3. The molecule has 0 unspecified atom stereocenters. The maximum atomic E-state index is 6.73. The fraction of sp³-hybridized carbons (Fsp3) is 0. The SMILES string of the molecule is c1ccc(-c2ccc(N(c3ccc(-c4ccccc4)cc3)c3cc(-c4nc(-c5ccccc5)nc(-c5ccc6c(c5)oc5ccccc56)n4)cc4oc5ccccc5c34)cc2)cc1. The Bertz CT molecular complexity index is 3520. The fourth-order valence-corrected chi connectivity index (χ4v) is 8.65. The summed E-state index contributed by atoms with van der Waals surface area (Å²) in [5.74, 6) is 1.62. The fourth-order valence-electron chi connectivity index (χ4n) is 8.65. The van der Waals surface area contributed by atoms with Gasteiger partial charge in [0.1, 0.15) is 22.3 Å². The molecular weight excluding hydrogens is 773 g/mol. The van der Waals surface area contributed by atoms with Gasteiger partial charge in [0.05, 0.1) is 11.1 Å². The maximum Gasteiger partial charge on any atom is 0.164 e. The molecule has 6 heteroatoms. The number of para-hydroxylation sites is 2. The zero-order valence-corrected chi connectivity index (χ0v) is 33.9. The summed E-state index contributed by atoms with van der Waals surface area (Å²) < 4.78 is 13.1. The van der Waals surface area contributed by atoms with E-state index in [-0.39, 0.29) is 0 Å². The van der Waals surface area contributed by atoms with Crippen molar-refractivity contribution in [1.82, 2.24) is 15.0 Å². The lowest BCUT2D eigenvalue weighted by atomic mass is 10.0. The molecule has 3 aromatic heterocycles. The van der Waals surface area contributed by atoms with Gasteiger partial charge in [0, 0.05) is 44.2 Å². The molecule has 0 fully saturated rings. The molecule has 0 N–H and O–H groups in total. The third-order valence-corrected chi connectivity index (χ3v) is 11.7. The Morgan fingerprint density at radius 3 is 1.30 bits per heavy atom. The number of fused-ring (bicyclic) bond motifs is 6. The van der Waals surface area contributed by atoms with Crippen LogP contribution in [-0.2, 0) is 0 Å². The number of furan rings is 2. The van der Waals surface area contributed by atoms with Crippen molar-refractivity contribution >= 4 is 60.9 Å². The first kappa shape index (κ1) is 36.3. The highest BCUT2D eigenvalue weighted by Crippen LogP contribution is 2.46. The van der Waals surface area contributed by atoms with Crippen LogP contribution in [0.2, 0.25) is 0 Å². The minimum atomic E-state index is 0.519. The minimum Gasteiger partial charge on any atom is -0.456 e. The smallest absolute Gasteiger partial charge is 0.164 e. The molecule has 0 aliphatic rings. The average molecular weight is 809 g/mol. The van der Waals surface area contributed by atoms with Crippen molar-refractivity contribution < 1.29 is 8.83 Å². The molecule has 6 nitrogen and oxygen atoms in total. The quantitative estimate of drug-likeness (QED) is 0.152. The predicted octanol–water partition coefficient (Wildman–Crippen LogP) is 15.5. The van der Waals surface area contributed by atoms with E-state index < -0.39 is 0 Å². The molecule has 0 aliphatic carbocycles. The maximum absolute atomic E-state index is 6.73. The number of hydrogen-bond acceptors (Lipinski definition) is 6. The van der Waals surface area contributed by atoms with Crippen LogP contribution in [0.4, 0.5) is 17.1 Å². The van der Waals surface area contributed by atoms with E-state index in [2.05, 4.69) is 144 Å². The van der Waals surface area contributed by atoms with Gasteiger partial charge in [-0.25, -0.2) is 15.0 Å². The Labute approximate surface area is 363 Å².